The van der Waals surface area contributed by atoms with Gasteiger partial charge in [-0.3, -0.25) is 9.69 Å². The summed E-state index contributed by atoms with van der Waals surface area (Å²) in [5.74, 6) is -0.121. The molecule has 2 rings (SSSR count). The van der Waals surface area contributed by atoms with Crippen LogP contribution >= 0.6 is 0 Å². The Bertz CT molecular complexity index is 318. The average Bonchev–Trinajstić information content (AvgIpc) is 2.66. The first-order chi connectivity index (χ1) is 6.74. The highest BCUT2D eigenvalue weighted by molar-refractivity contribution is 5.80. The molecule has 1 fully saturated rings. The molecule has 0 amide bonds. The smallest absolute Gasteiger partial charge is 0.324 e. The maximum absolute atomic E-state index is 11.3. The fraction of sp³-hybridized carbons (Fsp3) is 0.455. The number of esters is 1. The predicted octanol–water partition coefficient (Wildman–Crippen LogP) is 1.15. The molecule has 3 nitrogen and oxygen atoms in total. The van der Waals surface area contributed by atoms with E-state index < -0.39 is 0 Å². The Hall–Kier alpha value is -1.22. The fourth-order valence-corrected chi connectivity index (χ4v) is 1.83. The summed E-state index contributed by atoms with van der Waals surface area (Å²) in [6.07, 6.45) is 0. The van der Waals surface area contributed by atoms with Crippen LogP contribution in [-0.2, 0) is 16.1 Å². The molecule has 1 unspecified atom stereocenters. The van der Waals surface area contributed by atoms with Gasteiger partial charge in [0.1, 0.15) is 6.04 Å². The molecule has 3 atom stereocenters. The Morgan fingerprint density at radius 2 is 2.50 bits per heavy atom. The Balaban J connectivity index is 1.93. The lowest BCUT2D eigenvalue weighted by atomic mass is 10.3. The van der Waals surface area contributed by atoms with E-state index in [4.69, 9.17) is 4.74 Å². The van der Waals surface area contributed by atoms with Crippen molar-refractivity contribution in [2.75, 3.05) is 7.11 Å². The molecule has 76 valence electrons. The van der Waals surface area contributed by atoms with Crippen LogP contribution in [0.25, 0.3) is 0 Å². The number of carbonyl (C=O) groups is 1. The number of methoxy groups -OCH3 is 1. The van der Waals surface area contributed by atoms with E-state index in [1.54, 1.807) is 0 Å². The van der Waals surface area contributed by atoms with E-state index in [-0.39, 0.29) is 12.0 Å². The molecule has 1 heterocycles. The molecule has 1 aliphatic rings. The number of hydrogen-bond acceptors (Lipinski definition) is 3. The Morgan fingerprint density at radius 3 is 3.07 bits per heavy atom. The van der Waals surface area contributed by atoms with Gasteiger partial charge in [-0.15, -0.1) is 0 Å². The van der Waals surface area contributed by atoms with E-state index in [1.807, 2.05) is 19.1 Å². The average molecular weight is 192 g/mol. The largest absolute Gasteiger partial charge is 0.468 e. The molecule has 1 aromatic carbocycles. The lowest BCUT2D eigenvalue weighted by molar-refractivity contribution is -0.140. The van der Waals surface area contributed by atoms with E-state index in [9.17, 15) is 4.79 Å². The van der Waals surface area contributed by atoms with Gasteiger partial charge in [0.05, 0.1) is 7.11 Å². The molecule has 1 aromatic rings. The monoisotopic (exact) mass is 192 g/mol. The Kier molecular flexibility index (Phi) is 2.33. The molecule has 0 spiro atoms. The fourth-order valence-electron chi connectivity index (χ4n) is 1.83. The van der Waals surface area contributed by atoms with Gasteiger partial charge in [0.15, 0.2) is 0 Å². The zero-order chi connectivity index (χ0) is 10.1. The molecule has 0 N–H and O–H groups in total. The first-order valence-corrected chi connectivity index (χ1v) is 4.78. The van der Waals surface area contributed by atoms with Crippen molar-refractivity contribution in [3.05, 3.63) is 29.8 Å². The molecule has 3 heteroatoms. The maximum atomic E-state index is 11.3. The summed E-state index contributed by atoms with van der Waals surface area (Å²) < 4.78 is 4.71. The molecular formula is C11H14NO2-. The number of carbonyl (C=O) groups excluding carboxylic acids is 1. The van der Waals surface area contributed by atoms with E-state index in [2.05, 4.69) is 17.0 Å². The molecule has 0 aromatic heterocycles. The van der Waals surface area contributed by atoms with Crippen molar-refractivity contribution < 1.29 is 9.53 Å². The second kappa shape index (κ2) is 3.50. The Morgan fingerprint density at radius 1 is 1.71 bits per heavy atom. The van der Waals surface area contributed by atoms with Gasteiger partial charge in [0.2, 0.25) is 0 Å². The van der Waals surface area contributed by atoms with Gasteiger partial charge in [0, 0.05) is 12.6 Å². The normalized spacial score (nSPS) is 30.0. The summed E-state index contributed by atoms with van der Waals surface area (Å²) in [5.41, 5.74) is 1.25. The summed E-state index contributed by atoms with van der Waals surface area (Å²) in [7, 11) is 1.44. The van der Waals surface area contributed by atoms with E-state index >= 15 is 0 Å². The minimum atomic E-state index is -0.121. The second-order valence-corrected chi connectivity index (χ2v) is 3.67. The third kappa shape index (κ3) is 1.55. The highest BCUT2D eigenvalue weighted by Gasteiger charge is 2.49. The predicted molar refractivity (Wildman–Crippen MR) is 52.8 cm³/mol. The molecule has 0 radical (unpaired) electrons. The lowest BCUT2D eigenvalue weighted by Crippen LogP contribution is -2.14. The van der Waals surface area contributed by atoms with E-state index in [1.165, 1.54) is 12.7 Å². The maximum Gasteiger partial charge on any atom is 0.324 e. The molecule has 1 aliphatic heterocycles. The highest BCUT2D eigenvalue weighted by Crippen LogP contribution is 2.30. The van der Waals surface area contributed by atoms with Crippen molar-refractivity contribution in [2.45, 2.75) is 25.6 Å². The van der Waals surface area contributed by atoms with Crippen LogP contribution in [0.2, 0.25) is 0 Å². The zero-order valence-corrected chi connectivity index (χ0v) is 8.43. The van der Waals surface area contributed by atoms with Crippen molar-refractivity contribution in [1.82, 2.24) is 4.90 Å². The van der Waals surface area contributed by atoms with Crippen LogP contribution in [0.15, 0.2) is 24.3 Å². The summed E-state index contributed by atoms with van der Waals surface area (Å²) in [5, 5.41) is 0. The summed E-state index contributed by atoms with van der Waals surface area (Å²) >= 11 is 0. The highest BCUT2D eigenvalue weighted by atomic mass is 16.5. The number of ether oxygens (including phenoxy) is 1. The van der Waals surface area contributed by atoms with Gasteiger partial charge >= 0.3 is 5.97 Å². The first-order valence-electron chi connectivity index (χ1n) is 4.78. The molecule has 0 aliphatic carbocycles. The SMILES string of the molecule is COC(=O)[C@@H]1[C@H](C)N1Cc1ccc[cH-]1. The molecule has 0 saturated carbocycles. The van der Waals surface area contributed by atoms with Crippen LogP contribution in [0, 0.1) is 0 Å². The lowest BCUT2D eigenvalue weighted by Gasteiger charge is -2.04. The van der Waals surface area contributed by atoms with Gasteiger partial charge in [-0.2, -0.15) is 17.7 Å². The Labute approximate surface area is 83.6 Å². The molecule has 0 bridgehead atoms. The first kappa shape index (κ1) is 9.34. The van der Waals surface area contributed by atoms with Gasteiger partial charge in [-0.05, 0) is 6.92 Å². The zero-order valence-electron chi connectivity index (χ0n) is 8.43. The summed E-state index contributed by atoms with van der Waals surface area (Å²) in [6, 6.07) is 8.44. The molecule has 14 heavy (non-hydrogen) atoms. The van der Waals surface area contributed by atoms with Gasteiger partial charge in [-0.1, -0.05) is 0 Å². The van der Waals surface area contributed by atoms with Crippen LogP contribution < -0.4 is 0 Å². The van der Waals surface area contributed by atoms with Crippen LogP contribution in [0.1, 0.15) is 12.5 Å². The minimum absolute atomic E-state index is 0.0325. The summed E-state index contributed by atoms with van der Waals surface area (Å²) in [6.45, 7) is 2.89. The quantitative estimate of drug-likeness (QED) is 0.409. The van der Waals surface area contributed by atoms with Crippen molar-refractivity contribution in [3.8, 4) is 0 Å². The van der Waals surface area contributed by atoms with E-state index in [0.717, 1.165) is 6.54 Å². The van der Waals surface area contributed by atoms with Gasteiger partial charge in [0.25, 0.3) is 0 Å². The molecular weight excluding hydrogens is 178 g/mol. The minimum Gasteiger partial charge on any atom is -0.468 e. The summed E-state index contributed by atoms with van der Waals surface area (Å²) in [4.78, 5) is 13.4. The van der Waals surface area contributed by atoms with Crippen LogP contribution in [-0.4, -0.2) is 30.1 Å². The van der Waals surface area contributed by atoms with Crippen molar-refractivity contribution in [1.29, 1.82) is 0 Å². The van der Waals surface area contributed by atoms with Gasteiger partial charge in [-0.25, -0.2) is 12.1 Å². The number of nitrogens with zero attached hydrogens (tertiary/aromatic N) is 1. The third-order valence-corrected chi connectivity index (χ3v) is 2.79. The number of rotatable bonds is 3. The topological polar surface area (TPSA) is 29.3 Å². The van der Waals surface area contributed by atoms with Crippen LogP contribution in [0.5, 0.6) is 0 Å². The van der Waals surface area contributed by atoms with Crippen LogP contribution in [0.3, 0.4) is 0 Å². The standard InChI is InChI=1S/C11H14NO2/c1-8-10(11(13)14-2)12(8)7-9-5-3-4-6-9/h3-6,8,10H,7H2,1-2H3/q-1/t8-,10-,12?/m0/s1. The van der Waals surface area contributed by atoms with Crippen molar-refractivity contribution in [3.63, 3.8) is 0 Å². The molecule has 1 saturated heterocycles. The van der Waals surface area contributed by atoms with Crippen molar-refractivity contribution in [2.24, 2.45) is 0 Å². The number of hydrogen-bond donors (Lipinski definition) is 0. The third-order valence-electron chi connectivity index (χ3n) is 2.79. The second-order valence-electron chi connectivity index (χ2n) is 3.67. The van der Waals surface area contributed by atoms with Gasteiger partial charge < -0.3 is 4.74 Å². The van der Waals surface area contributed by atoms with Crippen molar-refractivity contribution >= 4 is 5.97 Å². The van der Waals surface area contributed by atoms with E-state index in [0.29, 0.717) is 6.04 Å². The van der Waals surface area contributed by atoms with Crippen LogP contribution in [0.4, 0.5) is 0 Å².